The quantitative estimate of drug-likeness (QED) is 0.873. The average molecular weight is 385 g/mol. The first kappa shape index (κ1) is 18.9. The van der Waals surface area contributed by atoms with Gasteiger partial charge in [0.05, 0.1) is 7.11 Å². The lowest BCUT2D eigenvalue weighted by molar-refractivity contribution is 0.0981. The van der Waals surface area contributed by atoms with Crippen LogP contribution in [0.3, 0.4) is 0 Å². The number of halogens is 1. The predicted octanol–water partition coefficient (Wildman–Crippen LogP) is 3.01. The van der Waals surface area contributed by atoms with E-state index in [1.54, 1.807) is 13.2 Å². The van der Waals surface area contributed by atoms with E-state index in [1.807, 2.05) is 19.1 Å². The van der Waals surface area contributed by atoms with Crippen molar-refractivity contribution in [3.8, 4) is 5.75 Å². The van der Waals surface area contributed by atoms with E-state index in [9.17, 15) is 4.39 Å². The number of nitrogens with two attached hydrogens (primary N) is 1. The van der Waals surface area contributed by atoms with Crippen molar-refractivity contribution in [1.29, 1.82) is 0 Å². The largest absolute Gasteiger partial charge is 0.497 e. The zero-order chi connectivity index (χ0) is 19.7. The van der Waals surface area contributed by atoms with Crippen LogP contribution in [-0.4, -0.2) is 48.2 Å². The molecule has 150 valence electrons. The van der Waals surface area contributed by atoms with E-state index >= 15 is 0 Å². The molecule has 0 amide bonds. The molecule has 6 nitrogen and oxygen atoms in total. The Labute approximate surface area is 165 Å². The van der Waals surface area contributed by atoms with Crippen molar-refractivity contribution in [2.45, 2.75) is 32.7 Å². The summed E-state index contributed by atoms with van der Waals surface area (Å²) in [6.45, 7) is 6.46. The molecule has 1 spiro atoms. The van der Waals surface area contributed by atoms with Gasteiger partial charge in [-0.25, -0.2) is 9.37 Å². The van der Waals surface area contributed by atoms with E-state index in [1.165, 1.54) is 12.5 Å². The maximum atomic E-state index is 14.3. The molecule has 1 aromatic heterocycles. The summed E-state index contributed by atoms with van der Waals surface area (Å²) in [5, 5.41) is 0. The van der Waals surface area contributed by atoms with E-state index in [2.05, 4.69) is 19.8 Å². The molecule has 0 saturated carbocycles. The summed E-state index contributed by atoms with van der Waals surface area (Å²) in [5.74, 6) is 1.78. The molecule has 0 unspecified atom stereocenters. The minimum Gasteiger partial charge on any atom is -0.497 e. The van der Waals surface area contributed by atoms with Crippen molar-refractivity contribution in [1.82, 2.24) is 14.9 Å². The number of methoxy groups -OCH3 is 1. The average Bonchev–Trinajstić information content (AvgIpc) is 3.06. The number of rotatable bonds is 4. The molecule has 2 saturated heterocycles. The number of ether oxygens (including phenoxy) is 1. The molecule has 2 fully saturated rings. The third-order valence-corrected chi connectivity index (χ3v) is 6.01. The molecule has 2 aliphatic rings. The number of likely N-dealkylation sites (tertiary alicyclic amines) is 1. The molecular formula is C21H28FN5O. The molecule has 28 heavy (non-hydrogen) atoms. The number of aromatic nitrogens is 2. The van der Waals surface area contributed by atoms with Crippen LogP contribution < -0.4 is 15.4 Å². The minimum absolute atomic E-state index is 0.166. The highest BCUT2D eigenvalue weighted by atomic mass is 19.1. The van der Waals surface area contributed by atoms with Crippen molar-refractivity contribution < 1.29 is 9.13 Å². The van der Waals surface area contributed by atoms with E-state index in [0.717, 1.165) is 50.5 Å². The molecule has 4 rings (SSSR count). The lowest BCUT2D eigenvalue weighted by atomic mass is 9.79. The Bertz CT molecular complexity index is 840. The normalized spacial score (nSPS) is 22.8. The first-order valence-corrected chi connectivity index (χ1v) is 9.87. The first-order valence-electron chi connectivity index (χ1n) is 9.87. The van der Waals surface area contributed by atoms with Gasteiger partial charge in [-0.1, -0.05) is 0 Å². The van der Waals surface area contributed by atoms with Gasteiger partial charge in [-0.05, 0) is 50.9 Å². The fourth-order valence-corrected chi connectivity index (χ4v) is 4.69. The second kappa shape index (κ2) is 7.54. The summed E-state index contributed by atoms with van der Waals surface area (Å²) in [6.07, 6.45) is 3.44. The van der Waals surface area contributed by atoms with Gasteiger partial charge in [-0.3, -0.25) is 4.90 Å². The monoisotopic (exact) mass is 385 g/mol. The van der Waals surface area contributed by atoms with Gasteiger partial charge in [0.1, 0.15) is 17.4 Å². The number of nitrogens with zero attached hydrogens (tertiary/aromatic N) is 4. The van der Waals surface area contributed by atoms with Crippen LogP contribution in [0, 0.1) is 18.2 Å². The third-order valence-electron chi connectivity index (χ3n) is 6.01. The van der Waals surface area contributed by atoms with E-state index in [-0.39, 0.29) is 11.2 Å². The number of hydrogen-bond acceptors (Lipinski definition) is 6. The number of aryl methyl sites for hydroxylation is 1. The number of anilines is 2. The number of benzene rings is 1. The van der Waals surface area contributed by atoms with Crippen molar-refractivity contribution in [3.63, 3.8) is 0 Å². The summed E-state index contributed by atoms with van der Waals surface area (Å²) in [7, 11) is 1.61. The van der Waals surface area contributed by atoms with Gasteiger partial charge in [0, 0.05) is 48.9 Å². The molecule has 0 radical (unpaired) electrons. The Kier molecular flexibility index (Phi) is 5.10. The lowest BCUT2D eigenvalue weighted by Gasteiger charge is -2.40. The second-order valence-corrected chi connectivity index (χ2v) is 8.17. The van der Waals surface area contributed by atoms with Gasteiger partial charge in [0.2, 0.25) is 5.95 Å². The maximum absolute atomic E-state index is 14.3. The highest BCUT2D eigenvalue weighted by Crippen LogP contribution is 2.41. The fraction of sp³-hybridized carbons (Fsp3) is 0.524. The molecule has 0 aliphatic carbocycles. The lowest BCUT2D eigenvalue weighted by Crippen LogP contribution is -2.44. The second-order valence-electron chi connectivity index (χ2n) is 8.17. The molecule has 1 aromatic carbocycles. The van der Waals surface area contributed by atoms with E-state index in [4.69, 9.17) is 10.5 Å². The smallest absolute Gasteiger partial charge is 0.222 e. The van der Waals surface area contributed by atoms with Crippen molar-refractivity contribution in [3.05, 3.63) is 41.3 Å². The van der Waals surface area contributed by atoms with Crippen LogP contribution in [0.15, 0.2) is 24.3 Å². The molecule has 2 aliphatic heterocycles. The fourth-order valence-electron chi connectivity index (χ4n) is 4.69. The minimum atomic E-state index is -0.166. The molecule has 0 bridgehead atoms. The Morgan fingerprint density at radius 2 is 2.04 bits per heavy atom. The Hall–Kier alpha value is -2.41. The Morgan fingerprint density at radius 1 is 1.18 bits per heavy atom. The predicted molar refractivity (Wildman–Crippen MR) is 108 cm³/mol. The number of hydrogen-bond donors (Lipinski definition) is 1. The van der Waals surface area contributed by atoms with Crippen LogP contribution in [-0.2, 0) is 6.54 Å². The van der Waals surface area contributed by atoms with Gasteiger partial charge in [0.15, 0.2) is 0 Å². The Morgan fingerprint density at radius 3 is 2.82 bits per heavy atom. The van der Waals surface area contributed by atoms with Gasteiger partial charge >= 0.3 is 0 Å². The van der Waals surface area contributed by atoms with Crippen LogP contribution in [0.25, 0.3) is 0 Å². The van der Waals surface area contributed by atoms with Gasteiger partial charge in [-0.2, -0.15) is 4.98 Å². The standard InChI is InChI=1S/C21H28FN5O/c1-15-10-19(25-20(23)24-15)27-9-7-21(14-27)6-3-8-26(13-21)12-16-11-17(28-2)4-5-18(16)22/h4-5,10-11H,3,6-9,12-14H2,1-2H3,(H2,23,24,25)/t21-/m0/s1. The molecule has 2 aromatic rings. The zero-order valence-corrected chi connectivity index (χ0v) is 16.6. The molecular weight excluding hydrogens is 357 g/mol. The SMILES string of the molecule is COc1ccc(F)c(CN2CCC[C@]3(CCN(c4cc(C)nc(N)n4)C3)C2)c1. The highest BCUT2D eigenvalue weighted by Gasteiger charge is 2.41. The molecule has 7 heteroatoms. The van der Waals surface area contributed by atoms with Crippen LogP contribution in [0.4, 0.5) is 16.2 Å². The van der Waals surface area contributed by atoms with Crippen LogP contribution in [0.5, 0.6) is 5.75 Å². The number of piperidine rings is 1. The van der Waals surface area contributed by atoms with Gasteiger partial charge in [0.25, 0.3) is 0 Å². The van der Waals surface area contributed by atoms with Gasteiger partial charge in [-0.15, -0.1) is 0 Å². The number of nitrogen functional groups attached to an aromatic ring is 1. The maximum Gasteiger partial charge on any atom is 0.222 e. The summed E-state index contributed by atoms with van der Waals surface area (Å²) < 4.78 is 19.5. The summed E-state index contributed by atoms with van der Waals surface area (Å²) in [6, 6.07) is 6.97. The summed E-state index contributed by atoms with van der Waals surface area (Å²) in [4.78, 5) is 13.3. The highest BCUT2D eigenvalue weighted by molar-refractivity contribution is 5.45. The Balaban J connectivity index is 1.46. The van der Waals surface area contributed by atoms with Crippen molar-refractivity contribution in [2.24, 2.45) is 5.41 Å². The summed E-state index contributed by atoms with van der Waals surface area (Å²) >= 11 is 0. The van der Waals surface area contributed by atoms with Crippen LogP contribution in [0.1, 0.15) is 30.5 Å². The topological polar surface area (TPSA) is 67.5 Å². The van der Waals surface area contributed by atoms with E-state index < -0.39 is 0 Å². The first-order chi connectivity index (χ1) is 13.5. The molecule has 1 atom stereocenters. The molecule has 2 N–H and O–H groups in total. The van der Waals surface area contributed by atoms with Crippen LogP contribution >= 0.6 is 0 Å². The summed E-state index contributed by atoms with van der Waals surface area (Å²) in [5.41, 5.74) is 7.65. The van der Waals surface area contributed by atoms with Crippen molar-refractivity contribution in [2.75, 3.05) is 43.9 Å². The molecule has 3 heterocycles. The zero-order valence-electron chi connectivity index (χ0n) is 16.6. The van der Waals surface area contributed by atoms with Gasteiger partial charge < -0.3 is 15.4 Å². The third kappa shape index (κ3) is 3.90. The van der Waals surface area contributed by atoms with Crippen molar-refractivity contribution >= 4 is 11.8 Å². The van der Waals surface area contributed by atoms with Crippen LogP contribution in [0.2, 0.25) is 0 Å². The van der Waals surface area contributed by atoms with E-state index in [0.29, 0.717) is 23.8 Å².